The van der Waals surface area contributed by atoms with Crippen LogP contribution in [0.15, 0.2) is 41.3 Å². The average Bonchev–Trinajstić information content (AvgIpc) is 3.39. The minimum atomic E-state index is 0.219. The Kier molecular flexibility index (Phi) is 5.81. The molecule has 1 heterocycles. The van der Waals surface area contributed by atoms with Crippen LogP contribution < -0.4 is 14.4 Å². The van der Waals surface area contributed by atoms with Crippen molar-refractivity contribution < 1.29 is 14.3 Å². The van der Waals surface area contributed by atoms with Crippen LogP contribution in [-0.2, 0) is 4.79 Å². The molecule has 2 aliphatic rings. The van der Waals surface area contributed by atoms with E-state index in [0.29, 0.717) is 6.42 Å². The van der Waals surface area contributed by atoms with E-state index in [1.807, 2.05) is 11.0 Å². The van der Waals surface area contributed by atoms with Crippen molar-refractivity contribution in [2.45, 2.75) is 49.5 Å². The number of amides is 1. The second kappa shape index (κ2) is 8.48. The van der Waals surface area contributed by atoms with E-state index in [1.54, 1.807) is 18.9 Å². The van der Waals surface area contributed by atoms with Gasteiger partial charge in [0.1, 0.15) is 0 Å². The van der Waals surface area contributed by atoms with Crippen LogP contribution in [0.3, 0.4) is 0 Å². The van der Waals surface area contributed by atoms with Crippen molar-refractivity contribution in [3.05, 3.63) is 36.4 Å². The van der Waals surface area contributed by atoms with E-state index >= 15 is 0 Å². The van der Waals surface area contributed by atoms with E-state index in [-0.39, 0.29) is 12.0 Å². The Hall–Kier alpha value is -2.14. The molecule has 4 rings (SSSR count). The molecule has 1 aliphatic carbocycles. The van der Waals surface area contributed by atoms with Gasteiger partial charge in [-0.3, -0.25) is 4.79 Å². The van der Waals surface area contributed by atoms with Crippen molar-refractivity contribution in [2.75, 3.05) is 24.8 Å². The van der Waals surface area contributed by atoms with Crippen LogP contribution in [-0.4, -0.2) is 31.9 Å². The molecule has 2 aromatic rings. The fourth-order valence-electron chi connectivity index (χ4n) is 4.13. The van der Waals surface area contributed by atoms with Gasteiger partial charge in [-0.05, 0) is 73.8 Å². The van der Waals surface area contributed by atoms with E-state index in [9.17, 15) is 4.79 Å². The lowest BCUT2D eigenvalue weighted by molar-refractivity contribution is -0.117. The molecule has 0 radical (unpaired) electrons. The van der Waals surface area contributed by atoms with Crippen LogP contribution in [0.2, 0.25) is 0 Å². The molecule has 2 fully saturated rings. The number of methoxy groups -OCH3 is 1. The van der Waals surface area contributed by atoms with Crippen LogP contribution in [0.1, 0.15) is 38.5 Å². The van der Waals surface area contributed by atoms with Crippen molar-refractivity contribution in [2.24, 2.45) is 0 Å². The van der Waals surface area contributed by atoms with Crippen LogP contribution in [0.4, 0.5) is 5.69 Å². The smallest absolute Gasteiger partial charge is 0.227 e. The number of carbonyl (C=O) groups is 1. The summed E-state index contributed by atoms with van der Waals surface area (Å²) in [6.07, 6.45) is 8.65. The first-order chi connectivity index (χ1) is 13.7. The number of carbonyl (C=O) groups excluding carboxylic acids is 1. The molecule has 0 atom stereocenters. The first-order valence-electron chi connectivity index (χ1n) is 10.0. The summed E-state index contributed by atoms with van der Waals surface area (Å²) >= 11 is 1.70. The SMILES string of the molecule is COc1ccc(-c2ccc(N3CCCC3=O)cc2SC)cc1OC1CCCC1. The predicted octanol–water partition coefficient (Wildman–Crippen LogP) is 5.53. The van der Waals surface area contributed by atoms with Gasteiger partial charge in [-0.2, -0.15) is 0 Å². The van der Waals surface area contributed by atoms with Gasteiger partial charge in [-0.25, -0.2) is 0 Å². The maximum atomic E-state index is 12.1. The summed E-state index contributed by atoms with van der Waals surface area (Å²) in [5.74, 6) is 1.81. The lowest BCUT2D eigenvalue weighted by atomic mass is 10.0. The predicted molar refractivity (Wildman–Crippen MR) is 115 cm³/mol. The molecule has 0 spiro atoms. The van der Waals surface area contributed by atoms with Crippen molar-refractivity contribution in [1.82, 2.24) is 0 Å². The largest absolute Gasteiger partial charge is 0.493 e. The molecule has 1 amide bonds. The highest BCUT2D eigenvalue weighted by Gasteiger charge is 2.23. The lowest BCUT2D eigenvalue weighted by Gasteiger charge is -2.20. The molecule has 0 N–H and O–H groups in total. The molecule has 2 aromatic carbocycles. The van der Waals surface area contributed by atoms with E-state index in [0.717, 1.165) is 59.0 Å². The fourth-order valence-corrected chi connectivity index (χ4v) is 4.77. The third-order valence-electron chi connectivity index (χ3n) is 5.64. The molecule has 148 valence electrons. The van der Waals surface area contributed by atoms with Crippen LogP contribution in [0.25, 0.3) is 11.1 Å². The van der Waals surface area contributed by atoms with Crippen LogP contribution in [0, 0.1) is 0 Å². The number of anilines is 1. The Balaban J connectivity index is 1.66. The Labute approximate surface area is 171 Å². The summed E-state index contributed by atoms with van der Waals surface area (Å²) in [4.78, 5) is 15.2. The van der Waals surface area contributed by atoms with Gasteiger partial charge in [0.05, 0.1) is 13.2 Å². The summed E-state index contributed by atoms with van der Waals surface area (Å²) in [7, 11) is 1.69. The Morgan fingerprint density at radius 1 is 1.04 bits per heavy atom. The number of thioether (sulfide) groups is 1. The minimum Gasteiger partial charge on any atom is -0.493 e. The molecule has 0 aromatic heterocycles. The zero-order chi connectivity index (χ0) is 19.5. The lowest BCUT2D eigenvalue weighted by Crippen LogP contribution is -2.23. The molecule has 5 heteroatoms. The second-order valence-electron chi connectivity index (χ2n) is 7.42. The van der Waals surface area contributed by atoms with Gasteiger partial charge in [-0.15, -0.1) is 11.8 Å². The number of rotatable bonds is 6. The van der Waals surface area contributed by atoms with Crippen molar-refractivity contribution in [3.63, 3.8) is 0 Å². The zero-order valence-electron chi connectivity index (χ0n) is 16.6. The standard InChI is InChI=1S/C23H27NO3S/c1-26-20-12-9-16(14-21(20)27-18-6-3-4-7-18)19-11-10-17(15-22(19)28-2)24-13-5-8-23(24)25/h9-12,14-15,18H,3-8,13H2,1-2H3. The normalized spacial score (nSPS) is 17.4. The molecule has 0 bridgehead atoms. The second-order valence-corrected chi connectivity index (χ2v) is 8.27. The van der Waals surface area contributed by atoms with Gasteiger partial charge in [0.15, 0.2) is 11.5 Å². The summed E-state index contributed by atoms with van der Waals surface area (Å²) in [6, 6.07) is 12.5. The highest BCUT2D eigenvalue weighted by atomic mass is 32.2. The summed E-state index contributed by atoms with van der Waals surface area (Å²) in [6.45, 7) is 0.813. The Bertz CT molecular complexity index is 861. The zero-order valence-corrected chi connectivity index (χ0v) is 17.4. The summed E-state index contributed by atoms with van der Waals surface area (Å²) < 4.78 is 11.8. The van der Waals surface area contributed by atoms with Gasteiger partial charge >= 0.3 is 0 Å². The van der Waals surface area contributed by atoms with Crippen molar-refractivity contribution in [1.29, 1.82) is 0 Å². The summed E-state index contributed by atoms with van der Waals surface area (Å²) in [5, 5.41) is 0. The van der Waals surface area contributed by atoms with E-state index in [1.165, 1.54) is 12.8 Å². The Morgan fingerprint density at radius 2 is 1.86 bits per heavy atom. The molecule has 1 aliphatic heterocycles. The molecule has 4 nitrogen and oxygen atoms in total. The average molecular weight is 398 g/mol. The summed E-state index contributed by atoms with van der Waals surface area (Å²) in [5.41, 5.74) is 3.26. The van der Waals surface area contributed by atoms with E-state index < -0.39 is 0 Å². The quantitative estimate of drug-likeness (QED) is 0.601. The molecule has 1 saturated heterocycles. The molecule has 0 unspecified atom stereocenters. The first-order valence-corrected chi connectivity index (χ1v) is 11.3. The number of nitrogens with zero attached hydrogens (tertiary/aromatic N) is 1. The highest BCUT2D eigenvalue weighted by molar-refractivity contribution is 7.98. The van der Waals surface area contributed by atoms with Crippen molar-refractivity contribution >= 4 is 23.4 Å². The van der Waals surface area contributed by atoms with Gasteiger partial charge < -0.3 is 14.4 Å². The molecule has 28 heavy (non-hydrogen) atoms. The van der Waals surface area contributed by atoms with Gasteiger partial charge in [0, 0.05) is 23.5 Å². The van der Waals surface area contributed by atoms with Gasteiger partial charge in [0.2, 0.25) is 5.91 Å². The van der Waals surface area contributed by atoms with Crippen LogP contribution >= 0.6 is 11.8 Å². The van der Waals surface area contributed by atoms with E-state index in [2.05, 4.69) is 36.6 Å². The monoisotopic (exact) mass is 397 g/mol. The number of hydrogen-bond donors (Lipinski definition) is 0. The van der Waals surface area contributed by atoms with Crippen LogP contribution in [0.5, 0.6) is 11.5 Å². The highest BCUT2D eigenvalue weighted by Crippen LogP contribution is 2.39. The fraction of sp³-hybridized carbons (Fsp3) is 0.435. The third-order valence-corrected chi connectivity index (χ3v) is 6.42. The first kappa shape index (κ1) is 19.2. The van der Waals surface area contributed by atoms with Gasteiger partial charge in [-0.1, -0.05) is 12.1 Å². The van der Waals surface area contributed by atoms with Gasteiger partial charge in [0.25, 0.3) is 0 Å². The maximum Gasteiger partial charge on any atom is 0.227 e. The molecule has 1 saturated carbocycles. The molecular formula is C23H27NO3S. The topological polar surface area (TPSA) is 38.8 Å². The number of ether oxygens (including phenoxy) is 2. The number of benzene rings is 2. The minimum absolute atomic E-state index is 0.219. The third kappa shape index (κ3) is 3.86. The van der Waals surface area contributed by atoms with E-state index in [4.69, 9.17) is 9.47 Å². The van der Waals surface area contributed by atoms with Crippen molar-refractivity contribution in [3.8, 4) is 22.6 Å². The molecular weight excluding hydrogens is 370 g/mol. The Morgan fingerprint density at radius 3 is 2.54 bits per heavy atom. The maximum absolute atomic E-state index is 12.1. The number of hydrogen-bond acceptors (Lipinski definition) is 4.